The van der Waals surface area contributed by atoms with Gasteiger partial charge in [0.05, 0.1) is 16.9 Å². The number of nitrogens with zero attached hydrogens (tertiary/aromatic N) is 1. The SMILES string of the molecule is C.O=Cc1cnc2[nH]ccc2c1NC1C2CC3CC1CC(O)(C3)C2. The standard InChI is InChI=1S/C18H21N3O2.CH4/c22-9-13-8-20-17-14(1-2-19-17)16(13)21-15-11-3-10-4-12(15)7-18(23,5-10)6-11;/h1-2,8-12,15,23H,3-7H2,(H2,19,20,21);1H4. The topological polar surface area (TPSA) is 78.0 Å². The van der Waals surface area contributed by atoms with Crippen molar-refractivity contribution in [3.05, 3.63) is 24.0 Å². The Morgan fingerprint density at radius 3 is 2.71 bits per heavy atom. The Morgan fingerprint density at radius 2 is 2.04 bits per heavy atom. The van der Waals surface area contributed by atoms with Crippen LogP contribution in [0.15, 0.2) is 18.5 Å². The normalized spacial score (nSPS) is 36.5. The smallest absolute Gasteiger partial charge is 0.153 e. The van der Waals surface area contributed by atoms with E-state index in [9.17, 15) is 9.90 Å². The minimum atomic E-state index is -0.427. The van der Waals surface area contributed by atoms with E-state index in [1.807, 2.05) is 12.3 Å². The zero-order chi connectivity index (χ0) is 15.6. The molecule has 24 heavy (non-hydrogen) atoms. The van der Waals surface area contributed by atoms with Crippen molar-refractivity contribution in [2.45, 2.75) is 51.2 Å². The lowest BCUT2D eigenvalue weighted by Gasteiger charge is -2.58. The highest BCUT2D eigenvalue weighted by molar-refractivity contribution is 5.99. The van der Waals surface area contributed by atoms with Gasteiger partial charge in [0.2, 0.25) is 0 Å². The van der Waals surface area contributed by atoms with Gasteiger partial charge in [-0.05, 0) is 55.9 Å². The molecule has 0 saturated heterocycles. The zero-order valence-corrected chi connectivity index (χ0v) is 13.0. The lowest BCUT2D eigenvalue weighted by molar-refractivity contribution is -0.129. The first-order valence-electron chi connectivity index (χ1n) is 8.55. The van der Waals surface area contributed by atoms with Gasteiger partial charge in [0.1, 0.15) is 5.65 Å². The molecular formula is C19H25N3O2. The molecule has 0 amide bonds. The number of carbonyl (C=O) groups is 1. The van der Waals surface area contributed by atoms with Crippen molar-refractivity contribution in [1.29, 1.82) is 0 Å². The van der Waals surface area contributed by atoms with Gasteiger partial charge in [-0.25, -0.2) is 4.98 Å². The molecule has 5 nitrogen and oxygen atoms in total. The molecule has 2 aromatic heterocycles. The number of H-pyrrole nitrogens is 1. The number of aromatic amines is 1. The molecule has 4 bridgehead atoms. The fourth-order valence-corrected chi connectivity index (χ4v) is 5.66. The molecule has 2 atom stereocenters. The van der Waals surface area contributed by atoms with Crippen LogP contribution < -0.4 is 5.32 Å². The van der Waals surface area contributed by atoms with Gasteiger partial charge in [-0.3, -0.25) is 4.79 Å². The van der Waals surface area contributed by atoms with Gasteiger partial charge >= 0.3 is 0 Å². The number of aromatic nitrogens is 2. The Labute approximate surface area is 141 Å². The second kappa shape index (κ2) is 5.31. The van der Waals surface area contributed by atoms with Gasteiger partial charge < -0.3 is 15.4 Å². The minimum absolute atomic E-state index is 0. The third-order valence-corrected chi connectivity index (χ3v) is 6.29. The second-order valence-electron chi connectivity index (χ2n) is 7.81. The molecule has 0 aromatic carbocycles. The maximum Gasteiger partial charge on any atom is 0.153 e. The summed E-state index contributed by atoms with van der Waals surface area (Å²) < 4.78 is 0. The molecule has 128 valence electrons. The predicted molar refractivity (Wildman–Crippen MR) is 94.1 cm³/mol. The minimum Gasteiger partial charge on any atom is -0.390 e. The third-order valence-electron chi connectivity index (χ3n) is 6.29. The van der Waals surface area contributed by atoms with E-state index in [0.717, 1.165) is 42.3 Å². The Morgan fingerprint density at radius 1 is 1.29 bits per heavy atom. The molecule has 2 heterocycles. The number of hydrogen-bond donors (Lipinski definition) is 3. The summed E-state index contributed by atoms with van der Waals surface area (Å²) in [7, 11) is 0. The van der Waals surface area contributed by atoms with Crippen molar-refractivity contribution in [2.24, 2.45) is 17.8 Å². The quantitative estimate of drug-likeness (QED) is 0.755. The van der Waals surface area contributed by atoms with Crippen LogP contribution in [0.1, 0.15) is 49.9 Å². The fourth-order valence-electron chi connectivity index (χ4n) is 5.66. The van der Waals surface area contributed by atoms with Gasteiger partial charge in [-0.15, -0.1) is 0 Å². The van der Waals surface area contributed by atoms with Crippen LogP contribution in [0.3, 0.4) is 0 Å². The summed E-state index contributed by atoms with van der Waals surface area (Å²) in [6, 6.07) is 2.33. The maximum atomic E-state index is 11.5. The highest BCUT2D eigenvalue weighted by Gasteiger charge is 2.54. The molecule has 0 spiro atoms. The third kappa shape index (κ3) is 2.18. The lowest BCUT2D eigenvalue weighted by Crippen LogP contribution is -2.59. The van der Waals surface area contributed by atoms with Crippen molar-refractivity contribution in [1.82, 2.24) is 9.97 Å². The summed E-state index contributed by atoms with van der Waals surface area (Å²) in [6.07, 6.45) is 9.57. The van der Waals surface area contributed by atoms with Crippen molar-refractivity contribution in [2.75, 3.05) is 5.32 Å². The number of fused-ring (bicyclic) bond motifs is 1. The maximum absolute atomic E-state index is 11.5. The largest absolute Gasteiger partial charge is 0.390 e. The summed E-state index contributed by atoms with van der Waals surface area (Å²) in [6.45, 7) is 0. The number of pyridine rings is 1. The number of carbonyl (C=O) groups excluding carboxylic acids is 1. The summed E-state index contributed by atoms with van der Waals surface area (Å²) in [4.78, 5) is 18.9. The monoisotopic (exact) mass is 327 g/mol. The number of aliphatic hydroxyl groups is 1. The van der Waals surface area contributed by atoms with Crippen LogP contribution in [0.5, 0.6) is 0 Å². The van der Waals surface area contributed by atoms with Crippen LogP contribution in [-0.2, 0) is 0 Å². The van der Waals surface area contributed by atoms with Crippen LogP contribution in [0.2, 0.25) is 0 Å². The zero-order valence-electron chi connectivity index (χ0n) is 13.0. The van der Waals surface area contributed by atoms with Crippen LogP contribution in [-0.4, -0.2) is 33.0 Å². The molecule has 2 unspecified atom stereocenters. The number of rotatable bonds is 3. The molecule has 4 aliphatic rings. The Balaban J connectivity index is 0.00000146. The molecule has 0 radical (unpaired) electrons. The van der Waals surface area contributed by atoms with Crippen LogP contribution >= 0.6 is 0 Å². The average Bonchev–Trinajstić information content (AvgIpc) is 2.98. The van der Waals surface area contributed by atoms with Crippen LogP contribution in [0.4, 0.5) is 5.69 Å². The van der Waals surface area contributed by atoms with Gasteiger partial charge in [0, 0.05) is 23.8 Å². The highest BCUT2D eigenvalue weighted by atomic mass is 16.3. The summed E-state index contributed by atoms with van der Waals surface area (Å²) in [5, 5.41) is 15.4. The molecule has 4 aliphatic carbocycles. The average molecular weight is 327 g/mol. The molecule has 4 fully saturated rings. The van der Waals surface area contributed by atoms with Gasteiger partial charge in [-0.1, -0.05) is 7.43 Å². The number of aldehydes is 1. The van der Waals surface area contributed by atoms with Crippen molar-refractivity contribution >= 4 is 23.0 Å². The van der Waals surface area contributed by atoms with Crippen molar-refractivity contribution in [3.8, 4) is 0 Å². The predicted octanol–water partition coefficient (Wildman–Crippen LogP) is 3.36. The summed E-state index contributed by atoms with van der Waals surface area (Å²) in [5.74, 6) is 1.70. The van der Waals surface area contributed by atoms with E-state index >= 15 is 0 Å². The first-order chi connectivity index (χ1) is 11.1. The van der Waals surface area contributed by atoms with Crippen LogP contribution in [0, 0.1) is 17.8 Å². The fraction of sp³-hybridized carbons (Fsp3) is 0.579. The molecule has 0 aliphatic heterocycles. The lowest BCUT2D eigenvalue weighted by atomic mass is 9.52. The molecule has 4 saturated carbocycles. The molecule has 3 N–H and O–H groups in total. The van der Waals surface area contributed by atoms with E-state index in [1.54, 1.807) is 6.20 Å². The van der Waals surface area contributed by atoms with E-state index in [0.29, 0.717) is 29.4 Å². The van der Waals surface area contributed by atoms with Gasteiger partial charge in [-0.2, -0.15) is 0 Å². The summed E-state index contributed by atoms with van der Waals surface area (Å²) in [5.41, 5.74) is 1.89. The van der Waals surface area contributed by atoms with E-state index < -0.39 is 5.60 Å². The Kier molecular flexibility index (Phi) is 3.46. The van der Waals surface area contributed by atoms with Crippen molar-refractivity contribution in [3.63, 3.8) is 0 Å². The number of nitrogens with one attached hydrogen (secondary N) is 2. The number of anilines is 1. The van der Waals surface area contributed by atoms with E-state index in [1.165, 1.54) is 12.8 Å². The molecule has 2 aromatic rings. The van der Waals surface area contributed by atoms with E-state index in [4.69, 9.17) is 0 Å². The van der Waals surface area contributed by atoms with Crippen molar-refractivity contribution < 1.29 is 9.90 Å². The van der Waals surface area contributed by atoms with E-state index in [-0.39, 0.29) is 7.43 Å². The molecule has 6 rings (SSSR count). The van der Waals surface area contributed by atoms with Crippen LogP contribution in [0.25, 0.3) is 11.0 Å². The van der Waals surface area contributed by atoms with E-state index in [2.05, 4.69) is 15.3 Å². The second-order valence-corrected chi connectivity index (χ2v) is 7.81. The Bertz CT molecular complexity index is 768. The van der Waals surface area contributed by atoms with Gasteiger partial charge in [0.15, 0.2) is 6.29 Å². The first-order valence-corrected chi connectivity index (χ1v) is 8.55. The highest BCUT2D eigenvalue weighted by Crippen LogP contribution is 2.56. The molecule has 5 heteroatoms. The van der Waals surface area contributed by atoms with Gasteiger partial charge in [0.25, 0.3) is 0 Å². The molecular weight excluding hydrogens is 302 g/mol. The number of hydrogen-bond acceptors (Lipinski definition) is 4. The summed E-state index contributed by atoms with van der Waals surface area (Å²) >= 11 is 0. The Hall–Kier alpha value is -1.88. The first kappa shape index (κ1) is 15.6.